The SMILES string of the molecule is O=C([Se])CCCc1c[nH]c2ccccc12. The number of benzene rings is 1. The van der Waals surface area contributed by atoms with E-state index in [1.165, 1.54) is 16.5 Å². The number of carbonyl (C=O) groups is 1. The third-order valence-electron chi connectivity index (χ3n) is 2.50. The van der Waals surface area contributed by atoms with Crippen molar-refractivity contribution in [1.82, 2.24) is 4.98 Å². The van der Waals surface area contributed by atoms with E-state index in [2.05, 4.69) is 33.1 Å². The predicted octanol–water partition coefficient (Wildman–Crippen LogP) is 2.19. The van der Waals surface area contributed by atoms with Crippen LogP contribution < -0.4 is 0 Å². The van der Waals surface area contributed by atoms with Gasteiger partial charge in [-0.3, -0.25) is 0 Å². The molecule has 0 amide bonds. The van der Waals surface area contributed by atoms with Crippen molar-refractivity contribution >= 4 is 31.6 Å². The second kappa shape index (κ2) is 4.65. The third kappa shape index (κ3) is 2.49. The Balaban J connectivity index is 2.11. The standard InChI is InChI=1S/C12H12NOSe/c14-12(15)7-3-4-9-8-13-11-6-2-1-5-10(9)11/h1-2,5-6,8,13H,3-4,7H2. The van der Waals surface area contributed by atoms with Gasteiger partial charge in [0.2, 0.25) is 0 Å². The zero-order valence-corrected chi connectivity index (χ0v) is 10.0. The van der Waals surface area contributed by atoms with Crippen LogP contribution in [0.3, 0.4) is 0 Å². The van der Waals surface area contributed by atoms with Gasteiger partial charge in [-0.1, -0.05) is 0 Å². The van der Waals surface area contributed by atoms with Gasteiger partial charge in [0.05, 0.1) is 0 Å². The number of para-hydroxylation sites is 1. The summed E-state index contributed by atoms with van der Waals surface area (Å²) in [6, 6.07) is 8.24. The molecule has 2 aromatic rings. The average molecular weight is 265 g/mol. The summed E-state index contributed by atoms with van der Waals surface area (Å²) in [4.78, 5) is 14.0. The molecule has 1 aromatic carbocycles. The summed E-state index contributed by atoms with van der Waals surface area (Å²) in [6.07, 6.45) is 4.53. The van der Waals surface area contributed by atoms with Crippen LogP contribution in [0.4, 0.5) is 0 Å². The Morgan fingerprint density at radius 1 is 1.33 bits per heavy atom. The average Bonchev–Trinajstić information content (AvgIpc) is 2.62. The molecule has 1 heterocycles. The van der Waals surface area contributed by atoms with Gasteiger partial charge in [0.15, 0.2) is 0 Å². The maximum absolute atomic E-state index is 10.8. The van der Waals surface area contributed by atoms with Gasteiger partial charge in [0.1, 0.15) is 0 Å². The van der Waals surface area contributed by atoms with E-state index in [1.807, 2.05) is 18.3 Å². The fourth-order valence-electron chi connectivity index (χ4n) is 1.76. The molecular weight excluding hydrogens is 253 g/mol. The van der Waals surface area contributed by atoms with Gasteiger partial charge in [-0.05, 0) is 0 Å². The summed E-state index contributed by atoms with van der Waals surface area (Å²) in [7, 11) is 0. The van der Waals surface area contributed by atoms with Crippen LogP contribution in [-0.2, 0) is 11.2 Å². The molecule has 1 radical (unpaired) electrons. The van der Waals surface area contributed by atoms with Crippen LogP contribution in [0.2, 0.25) is 0 Å². The molecule has 0 bridgehead atoms. The molecule has 0 saturated carbocycles. The quantitative estimate of drug-likeness (QED) is 0.844. The van der Waals surface area contributed by atoms with Crippen LogP contribution in [0.1, 0.15) is 18.4 Å². The molecular formula is C12H12NOSe. The van der Waals surface area contributed by atoms with E-state index in [4.69, 9.17) is 0 Å². The molecule has 0 aliphatic rings. The van der Waals surface area contributed by atoms with Crippen molar-refractivity contribution in [1.29, 1.82) is 0 Å². The van der Waals surface area contributed by atoms with Gasteiger partial charge in [-0.2, -0.15) is 0 Å². The van der Waals surface area contributed by atoms with Gasteiger partial charge >= 0.3 is 96.7 Å². The Morgan fingerprint density at radius 2 is 2.13 bits per heavy atom. The van der Waals surface area contributed by atoms with E-state index in [1.54, 1.807) is 0 Å². The molecule has 1 N–H and O–H groups in total. The zero-order chi connectivity index (χ0) is 10.7. The number of aromatic nitrogens is 1. The van der Waals surface area contributed by atoms with Crippen molar-refractivity contribution in [3.8, 4) is 0 Å². The first-order valence-electron chi connectivity index (χ1n) is 5.02. The number of nitrogens with one attached hydrogen (secondary N) is 1. The van der Waals surface area contributed by atoms with E-state index in [9.17, 15) is 4.79 Å². The summed E-state index contributed by atoms with van der Waals surface area (Å²) in [5.41, 5.74) is 2.47. The molecule has 0 aliphatic carbocycles. The van der Waals surface area contributed by atoms with Crippen LogP contribution in [0.25, 0.3) is 10.9 Å². The normalized spacial score (nSPS) is 10.7. The number of aromatic amines is 1. The van der Waals surface area contributed by atoms with E-state index < -0.39 is 0 Å². The number of H-pyrrole nitrogens is 1. The molecule has 0 spiro atoms. The fraction of sp³-hybridized carbons (Fsp3) is 0.250. The van der Waals surface area contributed by atoms with Crippen molar-refractivity contribution in [3.05, 3.63) is 36.0 Å². The van der Waals surface area contributed by atoms with Gasteiger partial charge in [0.25, 0.3) is 0 Å². The van der Waals surface area contributed by atoms with Crippen molar-refractivity contribution in [2.24, 2.45) is 0 Å². The van der Waals surface area contributed by atoms with Crippen molar-refractivity contribution < 1.29 is 4.79 Å². The summed E-state index contributed by atoms with van der Waals surface area (Å²) < 4.78 is 0.148. The first kappa shape index (κ1) is 10.5. The Labute approximate surface area is 96.9 Å². The molecule has 0 saturated heterocycles. The van der Waals surface area contributed by atoms with E-state index >= 15 is 0 Å². The summed E-state index contributed by atoms with van der Waals surface area (Å²) in [6.45, 7) is 0. The van der Waals surface area contributed by atoms with Crippen molar-refractivity contribution in [3.63, 3.8) is 0 Å². The van der Waals surface area contributed by atoms with Crippen LogP contribution in [0.15, 0.2) is 30.5 Å². The minimum absolute atomic E-state index is 0.148. The third-order valence-corrected chi connectivity index (χ3v) is 2.93. The number of hydrogen-bond donors (Lipinski definition) is 1. The molecule has 0 atom stereocenters. The number of fused-ring (bicyclic) bond motifs is 1. The summed E-state index contributed by atoms with van der Waals surface area (Å²) >= 11 is 2.51. The molecule has 1 aromatic heterocycles. The number of aryl methyl sites for hydroxylation is 1. The van der Waals surface area contributed by atoms with Gasteiger partial charge < -0.3 is 0 Å². The molecule has 3 heteroatoms. The van der Waals surface area contributed by atoms with Gasteiger partial charge in [-0.25, -0.2) is 0 Å². The van der Waals surface area contributed by atoms with Crippen LogP contribution in [0, 0.1) is 0 Å². The Morgan fingerprint density at radius 3 is 2.93 bits per heavy atom. The van der Waals surface area contributed by atoms with E-state index in [-0.39, 0.29) is 4.68 Å². The number of rotatable bonds is 4. The monoisotopic (exact) mass is 266 g/mol. The molecule has 0 unspecified atom stereocenters. The minimum atomic E-state index is 0.148. The van der Waals surface area contributed by atoms with Crippen molar-refractivity contribution in [2.75, 3.05) is 0 Å². The van der Waals surface area contributed by atoms with Gasteiger partial charge in [-0.15, -0.1) is 0 Å². The van der Waals surface area contributed by atoms with Crippen LogP contribution in [0.5, 0.6) is 0 Å². The predicted molar refractivity (Wildman–Crippen MR) is 62.0 cm³/mol. The molecule has 15 heavy (non-hydrogen) atoms. The maximum atomic E-state index is 10.8. The van der Waals surface area contributed by atoms with E-state index in [0.717, 1.165) is 12.8 Å². The molecule has 0 fully saturated rings. The van der Waals surface area contributed by atoms with E-state index in [0.29, 0.717) is 6.42 Å². The zero-order valence-electron chi connectivity index (χ0n) is 8.32. The number of hydrogen-bond acceptors (Lipinski definition) is 1. The van der Waals surface area contributed by atoms with Crippen LogP contribution in [-0.4, -0.2) is 25.7 Å². The Kier molecular flexibility index (Phi) is 3.24. The Hall–Kier alpha value is -1.05. The van der Waals surface area contributed by atoms with Crippen molar-refractivity contribution in [2.45, 2.75) is 19.3 Å². The first-order chi connectivity index (χ1) is 7.27. The first-order valence-corrected chi connectivity index (χ1v) is 5.88. The van der Waals surface area contributed by atoms with Gasteiger partial charge in [0, 0.05) is 0 Å². The fourth-order valence-corrected chi connectivity index (χ4v) is 2.06. The molecule has 77 valence electrons. The summed E-state index contributed by atoms with van der Waals surface area (Å²) in [5, 5.41) is 1.27. The number of carbonyl (C=O) groups excluding carboxylic acids is 1. The molecule has 2 rings (SSSR count). The second-order valence-corrected chi connectivity index (χ2v) is 4.54. The molecule has 0 aliphatic heterocycles. The molecule has 2 nitrogen and oxygen atoms in total. The summed E-state index contributed by atoms with van der Waals surface area (Å²) in [5.74, 6) is 0. The van der Waals surface area contributed by atoms with Crippen LogP contribution >= 0.6 is 0 Å². The topological polar surface area (TPSA) is 32.9 Å². The Bertz CT molecular complexity index is 475. The second-order valence-electron chi connectivity index (χ2n) is 3.59.